The van der Waals surface area contributed by atoms with Gasteiger partial charge in [-0.05, 0) is 44.5 Å². The number of hydrogen-bond acceptors (Lipinski definition) is 4. The quantitative estimate of drug-likeness (QED) is 0.327. The molecule has 2 rings (SSSR count). The highest BCUT2D eigenvalue weighted by molar-refractivity contribution is 5.90. The van der Waals surface area contributed by atoms with Gasteiger partial charge in [0.2, 0.25) is 5.75 Å². The Labute approximate surface area is 168 Å². The average Bonchev–Trinajstić information content (AvgIpc) is 2.66. The molecule has 1 aromatic carbocycles. The van der Waals surface area contributed by atoms with Crippen molar-refractivity contribution >= 4 is 16.6 Å². The number of anilines is 1. The summed E-state index contributed by atoms with van der Waals surface area (Å²) in [5, 5.41) is 0.830. The number of nitrogens with zero attached hydrogens (tertiary/aromatic N) is 1. The van der Waals surface area contributed by atoms with Gasteiger partial charge in [-0.25, -0.2) is 0 Å². The largest absolute Gasteiger partial charge is 0.485 e. The molecule has 0 aliphatic rings. The number of allylic oxidation sites excluding steroid dienone is 1. The predicted molar refractivity (Wildman–Crippen MR) is 117 cm³/mol. The highest BCUT2D eigenvalue weighted by atomic mass is 16.5. The van der Waals surface area contributed by atoms with Crippen molar-refractivity contribution in [3.63, 3.8) is 0 Å². The Morgan fingerprint density at radius 1 is 1.07 bits per heavy atom. The number of aryl methyl sites for hydroxylation is 1. The molecule has 0 spiro atoms. The number of pyridine rings is 1. The summed E-state index contributed by atoms with van der Waals surface area (Å²) < 4.78 is 13.5. The van der Waals surface area contributed by atoms with Crippen LogP contribution in [0.4, 0.5) is 5.69 Å². The van der Waals surface area contributed by atoms with Crippen molar-refractivity contribution < 1.29 is 9.47 Å². The molecule has 28 heavy (non-hydrogen) atoms. The van der Waals surface area contributed by atoms with Gasteiger partial charge in [0.25, 0.3) is 5.56 Å². The summed E-state index contributed by atoms with van der Waals surface area (Å²) in [5.74, 6) is 0.789. The number of fused-ring (bicyclic) bond motifs is 1. The van der Waals surface area contributed by atoms with Crippen LogP contribution < -0.4 is 20.8 Å². The lowest BCUT2D eigenvalue weighted by molar-refractivity contribution is 0.272. The Bertz CT molecular complexity index is 864. The van der Waals surface area contributed by atoms with E-state index in [1.54, 1.807) is 17.7 Å². The third kappa shape index (κ3) is 5.78. The Morgan fingerprint density at radius 2 is 1.79 bits per heavy atom. The van der Waals surface area contributed by atoms with E-state index in [9.17, 15) is 4.79 Å². The van der Waals surface area contributed by atoms with E-state index in [2.05, 4.69) is 6.92 Å². The number of hydrogen-bond donors (Lipinski definition) is 1. The summed E-state index contributed by atoms with van der Waals surface area (Å²) in [6, 6.07) is 5.50. The van der Waals surface area contributed by atoms with Gasteiger partial charge in [-0.3, -0.25) is 4.79 Å². The molecule has 0 fully saturated rings. The number of rotatable bonds is 11. The van der Waals surface area contributed by atoms with Gasteiger partial charge in [0, 0.05) is 18.1 Å². The lowest BCUT2D eigenvalue weighted by Gasteiger charge is -2.17. The summed E-state index contributed by atoms with van der Waals surface area (Å²) >= 11 is 0. The maximum atomic E-state index is 12.9. The van der Waals surface area contributed by atoms with Crippen LogP contribution in [0.2, 0.25) is 0 Å². The van der Waals surface area contributed by atoms with Gasteiger partial charge in [-0.2, -0.15) is 0 Å². The van der Waals surface area contributed by atoms with Crippen LogP contribution in [-0.4, -0.2) is 17.8 Å². The van der Waals surface area contributed by atoms with Crippen LogP contribution in [-0.2, 0) is 7.05 Å². The maximum absolute atomic E-state index is 12.9. The summed E-state index contributed by atoms with van der Waals surface area (Å²) in [7, 11) is 1.74. The van der Waals surface area contributed by atoms with E-state index in [1.807, 2.05) is 32.1 Å². The minimum absolute atomic E-state index is 0.198. The summed E-state index contributed by atoms with van der Waals surface area (Å²) in [4.78, 5) is 12.9. The van der Waals surface area contributed by atoms with E-state index in [-0.39, 0.29) is 11.3 Å². The summed E-state index contributed by atoms with van der Waals surface area (Å²) in [6.07, 6.45) is 9.00. The smallest absolute Gasteiger partial charge is 0.297 e. The molecule has 1 aromatic heterocycles. The van der Waals surface area contributed by atoms with Gasteiger partial charge in [0.15, 0.2) is 5.75 Å². The van der Waals surface area contributed by atoms with Crippen LogP contribution in [0.25, 0.3) is 10.9 Å². The fourth-order valence-electron chi connectivity index (χ4n) is 3.12. The molecule has 0 aliphatic heterocycles. The Hall–Kier alpha value is -2.43. The third-order valence-electron chi connectivity index (χ3n) is 4.80. The van der Waals surface area contributed by atoms with E-state index < -0.39 is 0 Å². The zero-order valence-corrected chi connectivity index (χ0v) is 17.7. The third-order valence-corrected chi connectivity index (χ3v) is 4.80. The number of nitrogen functional groups attached to an aromatic ring is 1. The number of ether oxygens (including phenoxy) is 2. The topological polar surface area (TPSA) is 66.5 Å². The summed E-state index contributed by atoms with van der Waals surface area (Å²) in [6.45, 7) is 7.15. The SMILES string of the molecule is CCCCCCCCOc1c(OCC=C(C)C)c2ccc(N)cc2n(C)c1=O. The predicted octanol–water partition coefficient (Wildman–Crippen LogP) is 5.21. The first-order valence-electron chi connectivity index (χ1n) is 10.3. The molecular formula is C23H34N2O3. The van der Waals surface area contributed by atoms with Gasteiger partial charge in [0.1, 0.15) is 6.61 Å². The van der Waals surface area contributed by atoms with E-state index in [0.717, 1.165) is 29.3 Å². The second kappa shape index (κ2) is 10.8. The molecule has 2 N–H and O–H groups in total. The van der Waals surface area contributed by atoms with Crippen molar-refractivity contribution in [1.29, 1.82) is 0 Å². The average molecular weight is 387 g/mol. The number of unbranched alkanes of at least 4 members (excludes halogenated alkanes) is 5. The van der Waals surface area contributed by atoms with Crippen molar-refractivity contribution in [2.75, 3.05) is 18.9 Å². The van der Waals surface area contributed by atoms with E-state index in [4.69, 9.17) is 15.2 Å². The first-order valence-corrected chi connectivity index (χ1v) is 10.3. The van der Waals surface area contributed by atoms with E-state index >= 15 is 0 Å². The Kier molecular flexibility index (Phi) is 8.42. The van der Waals surface area contributed by atoms with Crippen LogP contribution >= 0.6 is 0 Å². The molecule has 1 heterocycles. The highest BCUT2D eigenvalue weighted by Gasteiger charge is 2.18. The highest BCUT2D eigenvalue weighted by Crippen LogP contribution is 2.33. The van der Waals surface area contributed by atoms with Crippen LogP contribution in [0.5, 0.6) is 11.5 Å². The second-order valence-electron chi connectivity index (χ2n) is 7.51. The molecule has 154 valence electrons. The lowest BCUT2D eigenvalue weighted by Crippen LogP contribution is -2.21. The molecule has 0 amide bonds. The Balaban J connectivity index is 2.26. The minimum Gasteiger partial charge on any atom is -0.485 e. The molecule has 0 unspecified atom stereocenters. The van der Waals surface area contributed by atoms with Crippen molar-refractivity contribution in [2.24, 2.45) is 7.05 Å². The number of benzene rings is 1. The van der Waals surface area contributed by atoms with Gasteiger partial charge >= 0.3 is 0 Å². The van der Waals surface area contributed by atoms with Crippen molar-refractivity contribution in [1.82, 2.24) is 4.57 Å². The van der Waals surface area contributed by atoms with E-state index in [0.29, 0.717) is 24.7 Å². The van der Waals surface area contributed by atoms with Crippen LogP contribution in [0.15, 0.2) is 34.6 Å². The molecule has 5 heteroatoms. The molecule has 0 saturated heterocycles. The maximum Gasteiger partial charge on any atom is 0.297 e. The first-order chi connectivity index (χ1) is 13.5. The van der Waals surface area contributed by atoms with Crippen LogP contribution in [0.3, 0.4) is 0 Å². The molecule has 0 aliphatic carbocycles. The van der Waals surface area contributed by atoms with Gasteiger partial charge in [0.05, 0.1) is 12.1 Å². The monoisotopic (exact) mass is 386 g/mol. The normalized spacial score (nSPS) is 10.9. The molecule has 0 bridgehead atoms. The van der Waals surface area contributed by atoms with Gasteiger partial charge in [-0.15, -0.1) is 0 Å². The second-order valence-corrected chi connectivity index (χ2v) is 7.51. The van der Waals surface area contributed by atoms with Gasteiger partial charge in [-0.1, -0.05) is 44.6 Å². The molecular weight excluding hydrogens is 352 g/mol. The van der Waals surface area contributed by atoms with Crippen LogP contribution in [0.1, 0.15) is 59.3 Å². The number of aromatic nitrogens is 1. The van der Waals surface area contributed by atoms with Crippen molar-refractivity contribution in [3.05, 3.63) is 40.2 Å². The zero-order chi connectivity index (χ0) is 20.5. The van der Waals surface area contributed by atoms with Gasteiger partial charge < -0.3 is 19.8 Å². The molecule has 0 atom stereocenters. The Morgan fingerprint density at radius 3 is 2.50 bits per heavy atom. The fraction of sp³-hybridized carbons (Fsp3) is 0.522. The minimum atomic E-state index is -0.198. The fourth-order valence-corrected chi connectivity index (χ4v) is 3.12. The number of nitrogens with two attached hydrogens (primary N) is 1. The molecule has 5 nitrogen and oxygen atoms in total. The van der Waals surface area contributed by atoms with Crippen molar-refractivity contribution in [2.45, 2.75) is 59.3 Å². The zero-order valence-electron chi connectivity index (χ0n) is 17.7. The van der Waals surface area contributed by atoms with E-state index in [1.165, 1.54) is 25.7 Å². The molecule has 2 aromatic rings. The standard InChI is InChI=1S/C23H34N2O3/c1-5-6-7-8-9-10-14-27-22-21(28-15-13-17(2)3)19-12-11-18(24)16-20(19)25(4)23(22)26/h11-13,16H,5-10,14-15,24H2,1-4H3. The molecule has 0 radical (unpaired) electrons. The molecule has 0 saturated carbocycles. The first kappa shape index (κ1) is 21.9. The lowest BCUT2D eigenvalue weighted by atomic mass is 10.1. The summed E-state index contributed by atoms with van der Waals surface area (Å²) in [5.41, 5.74) is 8.23. The van der Waals surface area contributed by atoms with Crippen LogP contribution in [0, 0.1) is 0 Å². The van der Waals surface area contributed by atoms with Crippen molar-refractivity contribution in [3.8, 4) is 11.5 Å².